The van der Waals surface area contributed by atoms with Gasteiger partial charge in [-0.2, -0.15) is 4.98 Å². The molecule has 0 bridgehead atoms. The maximum Gasteiger partial charge on any atom is 0.232 e. The Morgan fingerprint density at radius 2 is 1.87 bits per heavy atom. The predicted molar refractivity (Wildman–Crippen MR) is 105 cm³/mol. The second kappa shape index (κ2) is 10.1. The van der Waals surface area contributed by atoms with Crippen molar-refractivity contribution >= 4 is 29.9 Å². The summed E-state index contributed by atoms with van der Waals surface area (Å²) in [6.45, 7) is 13.3. The number of aromatic nitrogens is 2. The van der Waals surface area contributed by atoms with Gasteiger partial charge in [-0.1, -0.05) is 39.8 Å². The normalized spacial score (nSPS) is 13.7. The number of hydrogen-bond acceptors (Lipinski definition) is 4. The molecule has 1 rings (SSSR count). The van der Waals surface area contributed by atoms with Gasteiger partial charge >= 0.3 is 0 Å². The first-order valence-corrected chi connectivity index (χ1v) is 8.02. The quantitative estimate of drug-likeness (QED) is 0.405. The molecular formula is C16H32IN5O. The van der Waals surface area contributed by atoms with E-state index in [1.54, 1.807) is 7.05 Å². The second-order valence-electron chi connectivity index (χ2n) is 7.21. The summed E-state index contributed by atoms with van der Waals surface area (Å²) in [4.78, 5) is 8.64. The van der Waals surface area contributed by atoms with Gasteiger partial charge in [-0.3, -0.25) is 4.99 Å². The maximum atomic E-state index is 5.28. The first-order chi connectivity index (χ1) is 10.2. The van der Waals surface area contributed by atoms with Crippen molar-refractivity contribution in [1.82, 2.24) is 20.8 Å². The molecule has 1 aromatic rings. The summed E-state index contributed by atoms with van der Waals surface area (Å²) in [6, 6.07) is 0.379. The lowest BCUT2D eigenvalue weighted by Gasteiger charge is -2.18. The van der Waals surface area contributed by atoms with E-state index in [1.807, 2.05) is 0 Å². The lowest BCUT2D eigenvalue weighted by Crippen LogP contribution is -2.42. The highest BCUT2D eigenvalue weighted by Crippen LogP contribution is 2.19. The summed E-state index contributed by atoms with van der Waals surface area (Å²) in [6.07, 6.45) is 2.32. The van der Waals surface area contributed by atoms with Crippen LogP contribution in [0.5, 0.6) is 0 Å². The Bertz CT molecular complexity index is 479. The van der Waals surface area contributed by atoms with E-state index in [4.69, 9.17) is 4.52 Å². The molecule has 23 heavy (non-hydrogen) atoms. The van der Waals surface area contributed by atoms with Crippen LogP contribution in [0.4, 0.5) is 0 Å². The Hall–Kier alpha value is -0.860. The Labute approximate surface area is 157 Å². The van der Waals surface area contributed by atoms with Gasteiger partial charge in [-0.25, -0.2) is 0 Å². The first kappa shape index (κ1) is 22.1. The number of aliphatic imine (C=N–C) groups is 1. The molecule has 0 aromatic carbocycles. The van der Waals surface area contributed by atoms with Crippen LogP contribution in [0.15, 0.2) is 9.52 Å². The summed E-state index contributed by atoms with van der Waals surface area (Å²) in [7, 11) is 1.77. The summed E-state index contributed by atoms with van der Waals surface area (Å²) in [5, 5.41) is 10.6. The van der Waals surface area contributed by atoms with Crippen molar-refractivity contribution in [1.29, 1.82) is 0 Å². The highest BCUT2D eigenvalue weighted by atomic mass is 127. The average molecular weight is 437 g/mol. The number of halogens is 1. The molecule has 134 valence electrons. The Morgan fingerprint density at radius 3 is 2.35 bits per heavy atom. The van der Waals surface area contributed by atoms with Crippen molar-refractivity contribution in [3.8, 4) is 0 Å². The number of guanidine groups is 1. The zero-order chi connectivity index (χ0) is 16.8. The van der Waals surface area contributed by atoms with Crippen LogP contribution >= 0.6 is 24.0 Å². The fourth-order valence-corrected chi connectivity index (χ4v) is 1.88. The van der Waals surface area contributed by atoms with E-state index in [0.717, 1.165) is 18.3 Å². The molecule has 0 radical (unpaired) electrons. The van der Waals surface area contributed by atoms with Gasteiger partial charge in [0.05, 0.1) is 6.54 Å². The van der Waals surface area contributed by atoms with Gasteiger partial charge in [0.15, 0.2) is 11.8 Å². The molecule has 0 amide bonds. The molecule has 2 N–H and O–H groups in total. The summed E-state index contributed by atoms with van der Waals surface area (Å²) in [5.74, 6) is 2.77. The third-order valence-corrected chi connectivity index (χ3v) is 3.31. The van der Waals surface area contributed by atoms with Gasteiger partial charge in [0.2, 0.25) is 5.89 Å². The summed E-state index contributed by atoms with van der Waals surface area (Å²) >= 11 is 0. The molecule has 7 heteroatoms. The number of hydrogen-bond donors (Lipinski definition) is 2. The topological polar surface area (TPSA) is 75.3 Å². The number of nitrogens with zero attached hydrogens (tertiary/aromatic N) is 3. The van der Waals surface area contributed by atoms with E-state index in [0.29, 0.717) is 24.3 Å². The molecule has 1 aromatic heterocycles. The molecule has 0 aliphatic rings. The van der Waals surface area contributed by atoms with Crippen LogP contribution in [0.25, 0.3) is 0 Å². The minimum atomic E-state index is -0.128. The highest BCUT2D eigenvalue weighted by molar-refractivity contribution is 14.0. The molecule has 0 aliphatic heterocycles. The van der Waals surface area contributed by atoms with Crippen LogP contribution in [0, 0.1) is 5.92 Å². The fourth-order valence-electron chi connectivity index (χ4n) is 1.88. The van der Waals surface area contributed by atoms with Crippen molar-refractivity contribution in [2.24, 2.45) is 10.9 Å². The first-order valence-electron chi connectivity index (χ1n) is 8.02. The zero-order valence-corrected chi connectivity index (χ0v) is 17.8. The summed E-state index contributed by atoms with van der Waals surface area (Å²) < 4.78 is 5.28. The van der Waals surface area contributed by atoms with E-state index < -0.39 is 0 Å². The molecule has 6 nitrogen and oxygen atoms in total. The predicted octanol–water partition coefficient (Wildman–Crippen LogP) is 3.47. The van der Waals surface area contributed by atoms with Crippen LogP contribution in [0.3, 0.4) is 0 Å². The molecule has 0 aliphatic carbocycles. The van der Waals surface area contributed by atoms with Crippen molar-refractivity contribution in [3.05, 3.63) is 11.7 Å². The van der Waals surface area contributed by atoms with E-state index in [1.165, 1.54) is 6.42 Å². The van der Waals surface area contributed by atoms with E-state index >= 15 is 0 Å². The second-order valence-corrected chi connectivity index (χ2v) is 7.21. The van der Waals surface area contributed by atoms with Crippen LogP contribution < -0.4 is 10.6 Å². The van der Waals surface area contributed by atoms with Crippen molar-refractivity contribution < 1.29 is 4.52 Å². The highest BCUT2D eigenvalue weighted by Gasteiger charge is 2.21. The molecular weight excluding hydrogens is 405 g/mol. The van der Waals surface area contributed by atoms with Gasteiger partial charge in [-0.15, -0.1) is 24.0 Å². The van der Waals surface area contributed by atoms with Crippen molar-refractivity contribution in [2.75, 3.05) is 7.05 Å². The van der Waals surface area contributed by atoms with Gasteiger partial charge in [-0.05, 0) is 25.7 Å². The number of rotatable bonds is 6. The van der Waals surface area contributed by atoms with Crippen molar-refractivity contribution in [2.45, 2.75) is 72.4 Å². The monoisotopic (exact) mass is 437 g/mol. The molecule has 0 fully saturated rings. The third kappa shape index (κ3) is 8.53. The molecule has 0 saturated carbocycles. The van der Waals surface area contributed by atoms with E-state index in [9.17, 15) is 0 Å². The average Bonchev–Trinajstić information content (AvgIpc) is 2.90. The maximum absolute atomic E-state index is 5.28. The van der Waals surface area contributed by atoms with E-state index in [2.05, 4.69) is 67.3 Å². The van der Waals surface area contributed by atoms with Crippen molar-refractivity contribution in [3.63, 3.8) is 0 Å². The van der Waals surface area contributed by atoms with Gasteiger partial charge in [0, 0.05) is 18.5 Å². The minimum absolute atomic E-state index is 0. The standard InChI is InChI=1S/C16H31N5O.HI/c1-11(2)8-9-12(3)19-15(17-7)18-10-13-20-14(22-21-13)16(4,5)6;/h11-12H,8-10H2,1-7H3,(H2,17,18,19);1H. The molecule has 0 saturated heterocycles. The molecule has 1 atom stereocenters. The lowest BCUT2D eigenvalue weighted by atomic mass is 9.97. The number of nitrogens with one attached hydrogen (secondary N) is 2. The Balaban J connectivity index is 0.00000484. The Morgan fingerprint density at radius 1 is 1.22 bits per heavy atom. The Kier molecular flexibility index (Phi) is 9.72. The van der Waals surface area contributed by atoms with Gasteiger partial charge < -0.3 is 15.2 Å². The van der Waals surface area contributed by atoms with Crippen LogP contribution in [0.2, 0.25) is 0 Å². The van der Waals surface area contributed by atoms with Crippen LogP contribution in [-0.4, -0.2) is 29.2 Å². The fraction of sp³-hybridized carbons (Fsp3) is 0.812. The van der Waals surface area contributed by atoms with Gasteiger partial charge in [0.1, 0.15) is 0 Å². The molecule has 1 unspecified atom stereocenters. The van der Waals surface area contributed by atoms with E-state index in [-0.39, 0.29) is 29.4 Å². The third-order valence-electron chi connectivity index (χ3n) is 3.31. The smallest absolute Gasteiger partial charge is 0.232 e. The summed E-state index contributed by atoms with van der Waals surface area (Å²) in [5.41, 5.74) is -0.128. The molecule has 1 heterocycles. The lowest BCUT2D eigenvalue weighted by molar-refractivity contribution is 0.318. The SMILES string of the molecule is CN=C(NCc1noc(C(C)(C)C)n1)NC(C)CCC(C)C.I. The minimum Gasteiger partial charge on any atom is -0.354 e. The zero-order valence-electron chi connectivity index (χ0n) is 15.4. The largest absolute Gasteiger partial charge is 0.354 e. The van der Waals surface area contributed by atoms with Crippen LogP contribution in [0.1, 0.15) is 66.1 Å². The van der Waals surface area contributed by atoms with Gasteiger partial charge in [0.25, 0.3) is 0 Å². The molecule has 0 spiro atoms. The van der Waals surface area contributed by atoms with Crippen LogP contribution in [-0.2, 0) is 12.0 Å².